The first-order valence-electron chi connectivity index (χ1n) is 10.1. The molecule has 4 aromatic rings. The molecule has 0 radical (unpaired) electrons. The van der Waals surface area contributed by atoms with Crippen molar-refractivity contribution < 1.29 is 4.42 Å². The van der Waals surface area contributed by atoms with Crippen molar-refractivity contribution in [2.75, 3.05) is 18.4 Å². The minimum Gasteiger partial charge on any atom is -0.401 e. The largest absolute Gasteiger partial charge is 0.401 e. The van der Waals surface area contributed by atoms with Gasteiger partial charge in [0.25, 0.3) is 5.89 Å². The molecule has 0 saturated carbocycles. The topological polar surface area (TPSA) is 80.0 Å². The highest BCUT2D eigenvalue weighted by Crippen LogP contribution is 2.25. The molecule has 1 aliphatic heterocycles. The molecule has 0 unspecified atom stereocenters. The van der Waals surface area contributed by atoms with Crippen molar-refractivity contribution in [2.24, 2.45) is 0 Å². The third-order valence-electron chi connectivity index (χ3n) is 5.21. The fraction of sp³-hybridized carbons (Fsp3) is 0.217. The van der Waals surface area contributed by atoms with E-state index in [9.17, 15) is 0 Å². The van der Waals surface area contributed by atoms with E-state index in [4.69, 9.17) is 4.42 Å². The number of hydrogen-bond acceptors (Lipinski definition) is 7. The maximum absolute atomic E-state index is 5.78. The molecule has 1 saturated heterocycles. The number of anilines is 2. The number of aromatic nitrogens is 4. The lowest BCUT2D eigenvalue weighted by atomic mass is 10.1. The summed E-state index contributed by atoms with van der Waals surface area (Å²) in [6, 6.07) is 16.4. The Morgan fingerprint density at radius 1 is 0.933 bits per heavy atom. The normalized spacial score (nSPS) is 14.1. The maximum atomic E-state index is 5.78. The molecule has 150 valence electrons. The van der Waals surface area contributed by atoms with Gasteiger partial charge in [-0.1, -0.05) is 23.3 Å². The molecule has 1 aliphatic rings. The van der Waals surface area contributed by atoms with E-state index in [-0.39, 0.29) is 0 Å². The summed E-state index contributed by atoms with van der Waals surface area (Å²) in [5.41, 5.74) is 4.85. The Labute approximate surface area is 174 Å². The molecule has 1 N–H and O–H groups in total. The summed E-state index contributed by atoms with van der Waals surface area (Å²) >= 11 is 0. The third kappa shape index (κ3) is 4.21. The number of nitrogens with zero attached hydrogens (tertiary/aromatic N) is 5. The summed E-state index contributed by atoms with van der Waals surface area (Å²) in [7, 11) is 0. The van der Waals surface area contributed by atoms with E-state index in [0.29, 0.717) is 17.6 Å². The summed E-state index contributed by atoms with van der Waals surface area (Å²) in [5, 5.41) is 11.4. The van der Waals surface area contributed by atoms with Crippen molar-refractivity contribution in [2.45, 2.75) is 19.4 Å². The van der Waals surface area contributed by atoms with Crippen molar-refractivity contribution in [3.8, 4) is 22.7 Å². The zero-order valence-electron chi connectivity index (χ0n) is 16.5. The number of nitrogens with one attached hydrogen (secondary N) is 1. The highest BCUT2D eigenvalue weighted by Gasteiger charge is 2.13. The molecular weight excluding hydrogens is 376 g/mol. The molecule has 0 amide bonds. The summed E-state index contributed by atoms with van der Waals surface area (Å²) in [6.07, 6.45) is 7.90. The van der Waals surface area contributed by atoms with Crippen LogP contribution in [0.1, 0.15) is 18.4 Å². The zero-order valence-corrected chi connectivity index (χ0v) is 16.5. The number of pyridine rings is 2. The van der Waals surface area contributed by atoms with E-state index >= 15 is 0 Å². The van der Waals surface area contributed by atoms with Crippen LogP contribution in [-0.4, -0.2) is 38.2 Å². The first kappa shape index (κ1) is 18.4. The zero-order chi connectivity index (χ0) is 20.2. The highest BCUT2D eigenvalue weighted by molar-refractivity contribution is 5.66. The first-order chi connectivity index (χ1) is 14.8. The molecule has 0 spiro atoms. The smallest absolute Gasteiger partial charge is 0.320 e. The number of hydrogen-bond donors (Lipinski definition) is 1. The van der Waals surface area contributed by atoms with Gasteiger partial charge in [-0.15, -0.1) is 5.10 Å². The fourth-order valence-electron chi connectivity index (χ4n) is 3.65. The van der Waals surface area contributed by atoms with Gasteiger partial charge in [-0.25, -0.2) is 0 Å². The monoisotopic (exact) mass is 398 g/mol. The number of rotatable bonds is 6. The van der Waals surface area contributed by atoms with Gasteiger partial charge >= 0.3 is 6.01 Å². The van der Waals surface area contributed by atoms with Gasteiger partial charge < -0.3 is 9.73 Å². The van der Waals surface area contributed by atoms with Crippen molar-refractivity contribution in [1.29, 1.82) is 0 Å². The molecule has 0 bridgehead atoms. The predicted octanol–water partition coefficient (Wildman–Crippen LogP) is 4.53. The standard InChI is InChI=1S/C23H22N6O/c1-2-13-29(12-1)16-17-5-7-20(8-6-17)26-23-28-27-22(30-23)21-14-18(9-11-25-21)19-4-3-10-24-15-19/h3-11,14-15H,1-2,12-13,16H2,(H,26,28). The van der Waals surface area contributed by atoms with Gasteiger partial charge in [0.1, 0.15) is 5.69 Å². The summed E-state index contributed by atoms with van der Waals surface area (Å²) in [5.74, 6) is 0.369. The van der Waals surface area contributed by atoms with Crippen molar-refractivity contribution in [1.82, 2.24) is 25.1 Å². The average molecular weight is 398 g/mol. The van der Waals surface area contributed by atoms with Crippen LogP contribution in [0, 0.1) is 0 Å². The molecule has 1 aromatic carbocycles. The molecule has 3 aromatic heterocycles. The molecule has 0 aliphatic carbocycles. The molecule has 0 atom stereocenters. The van der Waals surface area contributed by atoms with Crippen LogP contribution < -0.4 is 5.32 Å². The van der Waals surface area contributed by atoms with Gasteiger partial charge in [0.2, 0.25) is 0 Å². The molecule has 7 heteroatoms. The lowest BCUT2D eigenvalue weighted by Crippen LogP contribution is -2.18. The lowest BCUT2D eigenvalue weighted by molar-refractivity contribution is 0.331. The van der Waals surface area contributed by atoms with E-state index in [2.05, 4.69) is 42.5 Å². The minimum atomic E-state index is 0.339. The quantitative estimate of drug-likeness (QED) is 0.511. The van der Waals surface area contributed by atoms with Crippen LogP contribution in [0.2, 0.25) is 0 Å². The lowest BCUT2D eigenvalue weighted by Gasteiger charge is -2.14. The second-order valence-corrected chi connectivity index (χ2v) is 7.39. The average Bonchev–Trinajstić information content (AvgIpc) is 3.48. The van der Waals surface area contributed by atoms with Crippen LogP contribution in [0.25, 0.3) is 22.7 Å². The number of likely N-dealkylation sites (tertiary alicyclic amines) is 1. The Bertz CT molecular complexity index is 1100. The minimum absolute atomic E-state index is 0.339. The summed E-state index contributed by atoms with van der Waals surface area (Å²) in [4.78, 5) is 11.0. The molecule has 1 fully saturated rings. The van der Waals surface area contributed by atoms with Crippen LogP contribution >= 0.6 is 0 Å². The van der Waals surface area contributed by atoms with Gasteiger partial charge in [-0.3, -0.25) is 14.9 Å². The van der Waals surface area contributed by atoms with Gasteiger partial charge in [0.05, 0.1) is 0 Å². The fourth-order valence-corrected chi connectivity index (χ4v) is 3.65. The van der Waals surface area contributed by atoms with Crippen LogP contribution in [-0.2, 0) is 6.54 Å². The van der Waals surface area contributed by atoms with Crippen molar-refractivity contribution in [3.63, 3.8) is 0 Å². The molecule has 5 rings (SSSR count). The Kier molecular flexibility index (Phi) is 5.18. The van der Waals surface area contributed by atoms with Gasteiger partial charge in [-0.2, -0.15) is 0 Å². The molecule has 7 nitrogen and oxygen atoms in total. The van der Waals surface area contributed by atoms with E-state index in [1.165, 1.54) is 31.5 Å². The Hall–Kier alpha value is -3.58. The second-order valence-electron chi connectivity index (χ2n) is 7.39. The Balaban J connectivity index is 1.28. The van der Waals surface area contributed by atoms with E-state index in [1.54, 1.807) is 12.4 Å². The maximum Gasteiger partial charge on any atom is 0.320 e. The molecular formula is C23H22N6O. The van der Waals surface area contributed by atoms with E-state index < -0.39 is 0 Å². The van der Waals surface area contributed by atoms with Crippen LogP contribution in [0.15, 0.2) is 71.5 Å². The highest BCUT2D eigenvalue weighted by atomic mass is 16.4. The summed E-state index contributed by atoms with van der Waals surface area (Å²) < 4.78 is 5.78. The number of benzene rings is 1. The van der Waals surface area contributed by atoms with Gasteiger partial charge in [0.15, 0.2) is 0 Å². The Morgan fingerprint density at radius 2 is 1.80 bits per heavy atom. The summed E-state index contributed by atoms with van der Waals surface area (Å²) in [6.45, 7) is 3.39. The molecule has 4 heterocycles. The van der Waals surface area contributed by atoms with Crippen LogP contribution in [0.5, 0.6) is 0 Å². The van der Waals surface area contributed by atoms with E-state index in [1.807, 2.05) is 42.6 Å². The third-order valence-corrected chi connectivity index (χ3v) is 5.21. The first-order valence-corrected chi connectivity index (χ1v) is 10.1. The SMILES string of the molecule is c1cncc(-c2ccnc(-c3nnc(Nc4ccc(CN5CCCC5)cc4)o3)c2)c1. The molecule has 30 heavy (non-hydrogen) atoms. The predicted molar refractivity (Wildman–Crippen MR) is 115 cm³/mol. The van der Waals surface area contributed by atoms with E-state index in [0.717, 1.165) is 23.4 Å². The van der Waals surface area contributed by atoms with Crippen LogP contribution in [0.4, 0.5) is 11.7 Å². The Morgan fingerprint density at radius 3 is 2.60 bits per heavy atom. The van der Waals surface area contributed by atoms with Gasteiger partial charge in [0, 0.05) is 36.4 Å². The van der Waals surface area contributed by atoms with Crippen molar-refractivity contribution in [3.05, 3.63) is 72.7 Å². The van der Waals surface area contributed by atoms with Crippen molar-refractivity contribution >= 4 is 11.7 Å². The second kappa shape index (κ2) is 8.42. The van der Waals surface area contributed by atoms with Gasteiger partial charge in [-0.05, 0) is 67.4 Å². The van der Waals surface area contributed by atoms with Crippen LogP contribution in [0.3, 0.4) is 0 Å².